The number of carboxylic acids is 1. The van der Waals surface area contributed by atoms with Gasteiger partial charge in [-0.05, 0) is 58.7 Å². The first-order valence-electron chi connectivity index (χ1n) is 10.7. The number of aryl methyl sites for hydroxylation is 1. The average molecular weight is 435 g/mol. The first-order valence-corrected chi connectivity index (χ1v) is 10.7. The predicted octanol–water partition coefficient (Wildman–Crippen LogP) is 5.73. The number of ether oxygens (including phenoxy) is 1. The van der Waals surface area contributed by atoms with Crippen molar-refractivity contribution in [3.63, 3.8) is 0 Å². The van der Waals surface area contributed by atoms with E-state index in [0.717, 1.165) is 40.3 Å². The Morgan fingerprint density at radius 3 is 2.85 bits per heavy atom. The molecule has 5 rings (SSSR count). The SMILES string of the molecule is [C-]#[N+]c1ccc(CC(=O)O)c(O[C@@H]2CCc3ccc(-c4cccc5c(N)nccc45)cc32)c1. The van der Waals surface area contributed by atoms with Crippen molar-refractivity contribution in [2.75, 3.05) is 5.73 Å². The quantitative estimate of drug-likeness (QED) is 0.391. The molecule has 3 aromatic carbocycles. The molecule has 0 saturated heterocycles. The van der Waals surface area contributed by atoms with Gasteiger partial charge >= 0.3 is 5.97 Å². The smallest absolute Gasteiger partial charge is 0.307 e. The monoisotopic (exact) mass is 435 g/mol. The van der Waals surface area contributed by atoms with Gasteiger partial charge in [0, 0.05) is 17.1 Å². The molecule has 0 spiro atoms. The number of anilines is 1. The second-order valence-corrected chi connectivity index (χ2v) is 8.13. The second kappa shape index (κ2) is 8.29. The van der Waals surface area contributed by atoms with Crippen molar-refractivity contribution in [2.24, 2.45) is 0 Å². The maximum atomic E-state index is 11.3. The summed E-state index contributed by atoms with van der Waals surface area (Å²) in [6, 6.07) is 19.3. The third kappa shape index (κ3) is 3.85. The minimum absolute atomic E-state index is 0.154. The fourth-order valence-corrected chi connectivity index (χ4v) is 4.52. The molecule has 6 heteroatoms. The van der Waals surface area contributed by atoms with E-state index in [-0.39, 0.29) is 12.5 Å². The number of aliphatic carboxylic acids is 1. The number of benzene rings is 3. The van der Waals surface area contributed by atoms with E-state index in [2.05, 4.69) is 34.1 Å². The summed E-state index contributed by atoms with van der Waals surface area (Å²) in [6.07, 6.45) is 3.02. The Bertz CT molecular complexity index is 1440. The van der Waals surface area contributed by atoms with Crippen LogP contribution in [0.2, 0.25) is 0 Å². The molecule has 0 bridgehead atoms. The fraction of sp³-hybridized carbons (Fsp3) is 0.148. The molecular weight excluding hydrogens is 414 g/mol. The van der Waals surface area contributed by atoms with Gasteiger partial charge in [0.2, 0.25) is 0 Å². The van der Waals surface area contributed by atoms with Gasteiger partial charge in [-0.2, -0.15) is 0 Å². The molecule has 3 N–H and O–H groups in total. The van der Waals surface area contributed by atoms with Gasteiger partial charge in [0.15, 0.2) is 5.69 Å². The van der Waals surface area contributed by atoms with Crippen molar-refractivity contribution < 1.29 is 14.6 Å². The van der Waals surface area contributed by atoms with E-state index in [9.17, 15) is 9.90 Å². The Morgan fingerprint density at radius 1 is 1.15 bits per heavy atom. The number of aromatic nitrogens is 1. The predicted molar refractivity (Wildman–Crippen MR) is 127 cm³/mol. The largest absolute Gasteiger partial charge is 0.487 e. The molecule has 1 aliphatic carbocycles. The number of nitrogen functional groups attached to an aromatic ring is 1. The lowest BCUT2D eigenvalue weighted by Gasteiger charge is -2.19. The number of carbonyl (C=O) groups is 1. The number of carboxylic acid groups (broad SMARTS) is 1. The fourth-order valence-electron chi connectivity index (χ4n) is 4.52. The van der Waals surface area contributed by atoms with Crippen molar-refractivity contribution >= 4 is 28.2 Å². The lowest BCUT2D eigenvalue weighted by atomic mass is 9.96. The van der Waals surface area contributed by atoms with Gasteiger partial charge in [-0.1, -0.05) is 42.5 Å². The van der Waals surface area contributed by atoms with Crippen LogP contribution < -0.4 is 10.5 Å². The van der Waals surface area contributed by atoms with Crippen LogP contribution in [0.25, 0.3) is 26.7 Å². The number of hydrogen-bond donors (Lipinski definition) is 2. The van der Waals surface area contributed by atoms with Crippen LogP contribution in [0.3, 0.4) is 0 Å². The van der Waals surface area contributed by atoms with Crippen LogP contribution in [0.15, 0.2) is 66.9 Å². The van der Waals surface area contributed by atoms with Crippen LogP contribution in [0.1, 0.15) is 29.2 Å². The van der Waals surface area contributed by atoms with Crippen LogP contribution in [0.5, 0.6) is 5.75 Å². The Balaban J connectivity index is 1.54. The first-order chi connectivity index (χ1) is 16.0. The highest BCUT2D eigenvalue weighted by Crippen LogP contribution is 2.40. The molecule has 1 aliphatic rings. The van der Waals surface area contributed by atoms with Gasteiger partial charge in [-0.25, -0.2) is 9.83 Å². The highest BCUT2D eigenvalue weighted by Gasteiger charge is 2.26. The van der Waals surface area contributed by atoms with E-state index in [4.69, 9.17) is 17.0 Å². The van der Waals surface area contributed by atoms with Crippen LogP contribution in [-0.4, -0.2) is 16.1 Å². The Hall–Kier alpha value is -4.37. The Labute approximate surface area is 191 Å². The maximum absolute atomic E-state index is 11.3. The molecule has 1 heterocycles. The summed E-state index contributed by atoms with van der Waals surface area (Å²) in [5, 5.41) is 11.2. The molecule has 0 radical (unpaired) electrons. The zero-order valence-corrected chi connectivity index (χ0v) is 17.8. The maximum Gasteiger partial charge on any atom is 0.307 e. The summed E-state index contributed by atoms with van der Waals surface area (Å²) < 4.78 is 6.34. The lowest BCUT2D eigenvalue weighted by Crippen LogP contribution is -2.08. The van der Waals surface area contributed by atoms with Gasteiger partial charge < -0.3 is 15.6 Å². The highest BCUT2D eigenvalue weighted by atomic mass is 16.5. The molecule has 1 aromatic heterocycles. The van der Waals surface area contributed by atoms with Gasteiger partial charge in [0.25, 0.3) is 0 Å². The zero-order valence-electron chi connectivity index (χ0n) is 17.8. The number of nitrogens with two attached hydrogens (primary N) is 1. The van der Waals surface area contributed by atoms with Crippen LogP contribution >= 0.6 is 0 Å². The first kappa shape index (κ1) is 20.5. The Morgan fingerprint density at radius 2 is 2.03 bits per heavy atom. The molecule has 0 amide bonds. The number of hydrogen-bond acceptors (Lipinski definition) is 4. The molecule has 0 fully saturated rings. The van der Waals surface area contributed by atoms with Crippen molar-refractivity contribution in [1.29, 1.82) is 0 Å². The average Bonchev–Trinajstić information content (AvgIpc) is 3.22. The molecule has 1 atom stereocenters. The number of fused-ring (bicyclic) bond motifs is 2. The molecule has 4 aromatic rings. The molecular formula is C27H21N3O3. The third-order valence-corrected chi connectivity index (χ3v) is 6.11. The second-order valence-electron chi connectivity index (χ2n) is 8.13. The van der Waals surface area contributed by atoms with E-state index < -0.39 is 5.97 Å². The summed E-state index contributed by atoms with van der Waals surface area (Å²) in [7, 11) is 0. The van der Waals surface area contributed by atoms with E-state index in [1.165, 1.54) is 5.56 Å². The molecule has 0 aliphatic heterocycles. The topological polar surface area (TPSA) is 89.8 Å². The summed E-state index contributed by atoms with van der Waals surface area (Å²) in [5.41, 5.74) is 11.5. The summed E-state index contributed by atoms with van der Waals surface area (Å²) in [6.45, 7) is 7.30. The molecule has 0 saturated carbocycles. The van der Waals surface area contributed by atoms with Crippen molar-refractivity contribution in [2.45, 2.75) is 25.4 Å². The van der Waals surface area contributed by atoms with E-state index in [1.54, 1.807) is 24.4 Å². The molecule has 0 unspecified atom stereocenters. The summed E-state index contributed by atoms with van der Waals surface area (Å²) in [5.74, 6) is 0.0229. The Kier molecular flexibility index (Phi) is 5.15. The number of nitrogens with zero attached hydrogens (tertiary/aromatic N) is 2. The number of pyridine rings is 1. The zero-order chi connectivity index (χ0) is 22.9. The molecule has 162 valence electrons. The lowest BCUT2D eigenvalue weighted by molar-refractivity contribution is -0.136. The van der Waals surface area contributed by atoms with Gasteiger partial charge in [-0.3, -0.25) is 4.79 Å². The third-order valence-electron chi connectivity index (χ3n) is 6.11. The highest BCUT2D eigenvalue weighted by molar-refractivity contribution is 6.01. The van der Waals surface area contributed by atoms with Gasteiger partial charge in [0.1, 0.15) is 17.7 Å². The van der Waals surface area contributed by atoms with Crippen LogP contribution in [-0.2, 0) is 17.6 Å². The van der Waals surface area contributed by atoms with Crippen molar-refractivity contribution in [3.05, 3.63) is 95.0 Å². The van der Waals surface area contributed by atoms with Crippen LogP contribution in [0.4, 0.5) is 11.5 Å². The van der Waals surface area contributed by atoms with Gasteiger partial charge in [0.05, 0.1) is 13.0 Å². The van der Waals surface area contributed by atoms with Crippen molar-refractivity contribution in [3.8, 4) is 16.9 Å². The van der Waals surface area contributed by atoms with Crippen LogP contribution in [0, 0.1) is 6.57 Å². The normalized spacial score (nSPS) is 14.6. The van der Waals surface area contributed by atoms with E-state index in [0.29, 0.717) is 22.8 Å². The van der Waals surface area contributed by atoms with E-state index in [1.807, 2.05) is 18.2 Å². The minimum atomic E-state index is -0.936. The van der Waals surface area contributed by atoms with Gasteiger partial charge in [-0.15, -0.1) is 0 Å². The summed E-state index contributed by atoms with van der Waals surface area (Å²) >= 11 is 0. The van der Waals surface area contributed by atoms with Crippen molar-refractivity contribution in [1.82, 2.24) is 4.98 Å². The van der Waals surface area contributed by atoms with E-state index >= 15 is 0 Å². The molecule has 6 nitrogen and oxygen atoms in total. The molecule has 33 heavy (non-hydrogen) atoms. The minimum Gasteiger partial charge on any atom is -0.487 e. The standard InChI is InChI=1S/C27H21N3O3/c1-29-19-9-7-18(14-26(31)32)25(15-19)33-24-10-8-16-5-6-17(13-23(16)24)20-3-2-4-22-21(20)11-12-30-27(22)28/h2-7,9,11-13,15,24H,8,10,14H2,(H2,28,30)(H,31,32)/t24-/m1/s1. The number of rotatable bonds is 5. The summed E-state index contributed by atoms with van der Waals surface area (Å²) in [4.78, 5) is 19.0.